The van der Waals surface area contributed by atoms with Crippen LogP contribution >= 0.6 is 22.6 Å². The van der Waals surface area contributed by atoms with Crippen LogP contribution in [0.25, 0.3) is 0 Å². The molecular formula is C5H4F5IO2. The highest BCUT2D eigenvalue weighted by atomic mass is 127. The number of carbonyl (C=O) groups excluding carboxylic acids is 1. The highest BCUT2D eigenvalue weighted by Gasteiger charge is 2.56. The van der Waals surface area contributed by atoms with Gasteiger partial charge in [0, 0.05) is 0 Å². The first-order valence-electron chi connectivity index (χ1n) is 2.88. The number of ketones is 1. The lowest BCUT2D eigenvalue weighted by Gasteiger charge is -2.17. The summed E-state index contributed by atoms with van der Waals surface area (Å²) in [6.07, 6.45) is -10.4. The summed E-state index contributed by atoms with van der Waals surface area (Å²) in [6, 6.07) is 0. The first kappa shape index (κ1) is 13.0. The second-order valence-corrected chi connectivity index (χ2v) is 3.76. The van der Waals surface area contributed by atoms with Crippen LogP contribution in [-0.2, 0) is 9.53 Å². The Labute approximate surface area is 83.6 Å². The number of rotatable bonds is 3. The molecule has 0 radical (unpaired) electrons. The molecule has 78 valence electrons. The lowest BCUT2D eigenvalue weighted by atomic mass is 10.3. The van der Waals surface area contributed by atoms with Gasteiger partial charge in [0.15, 0.2) is 0 Å². The standard InChI is InChI=1S/C5H4F5IO2/c1-2(11)13-5(9,10)3(12)4(6,7)8/h2H,1H3/t2-/m0/s1. The van der Waals surface area contributed by atoms with Gasteiger partial charge in [-0.05, 0) is 6.92 Å². The molecule has 0 rings (SSSR count). The van der Waals surface area contributed by atoms with Crippen molar-refractivity contribution >= 4 is 28.4 Å². The van der Waals surface area contributed by atoms with E-state index in [1.807, 2.05) is 0 Å². The first-order valence-corrected chi connectivity index (χ1v) is 4.13. The van der Waals surface area contributed by atoms with Crippen molar-refractivity contribution in [1.29, 1.82) is 0 Å². The highest BCUT2D eigenvalue weighted by molar-refractivity contribution is 14.1. The summed E-state index contributed by atoms with van der Waals surface area (Å²) in [4.78, 5) is 10.0. The molecule has 0 unspecified atom stereocenters. The Morgan fingerprint density at radius 2 is 1.69 bits per heavy atom. The average molecular weight is 318 g/mol. The zero-order valence-corrected chi connectivity index (χ0v) is 8.32. The number of hydrogen-bond donors (Lipinski definition) is 0. The van der Waals surface area contributed by atoms with Crippen LogP contribution in [0.3, 0.4) is 0 Å². The molecule has 0 aromatic carbocycles. The van der Waals surface area contributed by atoms with Gasteiger partial charge in [-0.2, -0.15) is 22.0 Å². The van der Waals surface area contributed by atoms with Gasteiger partial charge in [-0.25, -0.2) is 0 Å². The summed E-state index contributed by atoms with van der Waals surface area (Å²) in [7, 11) is 0. The minimum absolute atomic E-state index is 1.08. The Morgan fingerprint density at radius 1 is 1.31 bits per heavy atom. The van der Waals surface area contributed by atoms with Gasteiger partial charge >= 0.3 is 18.1 Å². The number of carbonyl (C=O) groups is 1. The maximum Gasteiger partial charge on any atom is 0.459 e. The molecule has 0 heterocycles. The van der Waals surface area contributed by atoms with E-state index in [1.165, 1.54) is 22.6 Å². The molecule has 0 bridgehead atoms. The molecule has 8 heteroatoms. The van der Waals surface area contributed by atoms with Crippen molar-refractivity contribution < 1.29 is 31.5 Å². The molecule has 0 N–H and O–H groups in total. The molecule has 13 heavy (non-hydrogen) atoms. The topological polar surface area (TPSA) is 26.3 Å². The summed E-state index contributed by atoms with van der Waals surface area (Å²) in [6.45, 7) is 1.08. The Hall–Kier alpha value is 0.01000. The fourth-order valence-electron chi connectivity index (χ4n) is 0.422. The molecule has 0 aromatic heterocycles. The molecule has 0 aliphatic heterocycles. The molecule has 0 fully saturated rings. The summed E-state index contributed by atoms with van der Waals surface area (Å²) in [5.74, 6) is -3.19. The van der Waals surface area contributed by atoms with Gasteiger partial charge in [-0.1, -0.05) is 22.6 Å². The largest absolute Gasteiger partial charge is 0.459 e. The van der Waals surface area contributed by atoms with Crippen LogP contribution < -0.4 is 0 Å². The Bertz CT molecular complexity index is 200. The van der Waals surface area contributed by atoms with Gasteiger partial charge in [0.1, 0.15) is 4.11 Å². The molecule has 0 amide bonds. The number of ether oxygens (including phenoxy) is 1. The van der Waals surface area contributed by atoms with Crippen LogP contribution in [0.2, 0.25) is 0 Å². The molecule has 0 saturated heterocycles. The fourth-order valence-corrected chi connectivity index (χ4v) is 0.742. The Balaban J connectivity index is 4.55. The third-order valence-corrected chi connectivity index (χ3v) is 1.09. The smallest absolute Gasteiger partial charge is 0.300 e. The minimum atomic E-state index is -5.59. The number of halogens is 6. The van der Waals surface area contributed by atoms with E-state index in [-0.39, 0.29) is 0 Å². The van der Waals surface area contributed by atoms with Crippen LogP contribution in [-0.4, -0.2) is 22.2 Å². The average Bonchev–Trinajstić information content (AvgIpc) is 1.80. The van der Waals surface area contributed by atoms with Crippen molar-refractivity contribution in [2.45, 2.75) is 23.3 Å². The highest BCUT2D eigenvalue weighted by Crippen LogP contribution is 2.30. The molecule has 0 aromatic rings. The number of Topliss-reactive ketones (excluding diaryl/α,β-unsaturated/α-hetero) is 1. The van der Waals surface area contributed by atoms with Crippen LogP contribution in [0.4, 0.5) is 22.0 Å². The van der Waals surface area contributed by atoms with Crippen LogP contribution in [0.15, 0.2) is 0 Å². The van der Waals surface area contributed by atoms with Gasteiger partial charge in [-0.3, -0.25) is 4.79 Å². The lowest BCUT2D eigenvalue weighted by molar-refractivity contribution is -0.259. The number of hydrogen-bond acceptors (Lipinski definition) is 2. The van der Waals surface area contributed by atoms with Crippen molar-refractivity contribution in [3.05, 3.63) is 0 Å². The van der Waals surface area contributed by atoms with Crippen LogP contribution in [0, 0.1) is 0 Å². The first-order chi connectivity index (χ1) is 5.57. The predicted molar refractivity (Wildman–Crippen MR) is 40.6 cm³/mol. The van der Waals surface area contributed by atoms with Crippen molar-refractivity contribution in [1.82, 2.24) is 0 Å². The van der Waals surface area contributed by atoms with Crippen molar-refractivity contribution in [2.75, 3.05) is 0 Å². The summed E-state index contributed by atoms with van der Waals surface area (Å²) in [5, 5.41) is 0. The molecule has 2 nitrogen and oxygen atoms in total. The second kappa shape index (κ2) is 4.03. The van der Waals surface area contributed by atoms with Gasteiger partial charge < -0.3 is 4.74 Å². The quantitative estimate of drug-likeness (QED) is 0.454. The Kier molecular flexibility index (Phi) is 4.03. The third-order valence-electron chi connectivity index (χ3n) is 0.832. The maximum atomic E-state index is 12.3. The molecule has 0 spiro atoms. The Morgan fingerprint density at radius 3 is 1.92 bits per heavy atom. The second-order valence-electron chi connectivity index (χ2n) is 2.00. The summed E-state index contributed by atoms with van der Waals surface area (Å²) < 4.78 is 61.3. The minimum Gasteiger partial charge on any atom is -0.300 e. The van der Waals surface area contributed by atoms with E-state index in [0.717, 1.165) is 6.92 Å². The van der Waals surface area contributed by atoms with Gasteiger partial charge in [0.2, 0.25) is 0 Å². The van der Waals surface area contributed by atoms with E-state index in [2.05, 4.69) is 4.74 Å². The van der Waals surface area contributed by atoms with Gasteiger partial charge in [0.05, 0.1) is 0 Å². The van der Waals surface area contributed by atoms with Crippen molar-refractivity contribution in [3.63, 3.8) is 0 Å². The van der Waals surface area contributed by atoms with E-state index in [0.29, 0.717) is 0 Å². The normalized spacial score (nSPS) is 15.6. The molecular weight excluding hydrogens is 314 g/mol. The predicted octanol–water partition coefficient (Wildman–Crippen LogP) is 2.51. The van der Waals surface area contributed by atoms with Gasteiger partial charge in [-0.15, -0.1) is 0 Å². The lowest BCUT2D eigenvalue weighted by Crippen LogP contribution is -2.43. The van der Waals surface area contributed by atoms with Gasteiger partial charge in [0.25, 0.3) is 0 Å². The monoisotopic (exact) mass is 318 g/mol. The summed E-state index contributed by atoms with van der Waals surface area (Å²) in [5.41, 5.74) is 0. The van der Waals surface area contributed by atoms with Crippen LogP contribution in [0.5, 0.6) is 0 Å². The maximum absolute atomic E-state index is 12.3. The van der Waals surface area contributed by atoms with Crippen molar-refractivity contribution in [2.24, 2.45) is 0 Å². The molecule has 1 atom stereocenters. The van der Waals surface area contributed by atoms with Crippen molar-refractivity contribution in [3.8, 4) is 0 Å². The zero-order chi connectivity index (χ0) is 10.9. The molecule has 0 aliphatic carbocycles. The zero-order valence-electron chi connectivity index (χ0n) is 6.16. The third kappa shape index (κ3) is 4.16. The molecule has 0 aliphatic rings. The van der Waals surface area contributed by atoms with Crippen LogP contribution in [0.1, 0.15) is 6.92 Å². The SMILES string of the molecule is C[C@@H](I)OC(F)(F)C(=O)C(F)(F)F. The van der Waals surface area contributed by atoms with E-state index in [1.54, 1.807) is 0 Å². The van der Waals surface area contributed by atoms with E-state index in [4.69, 9.17) is 0 Å². The van der Waals surface area contributed by atoms with E-state index < -0.39 is 22.2 Å². The number of alkyl halides is 6. The van der Waals surface area contributed by atoms with E-state index >= 15 is 0 Å². The summed E-state index contributed by atoms with van der Waals surface area (Å²) >= 11 is 1.31. The van der Waals surface area contributed by atoms with E-state index in [9.17, 15) is 26.7 Å². The molecule has 0 saturated carbocycles. The fraction of sp³-hybridized carbons (Fsp3) is 0.800.